The van der Waals surface area contributed by atoms with E-state index in [0.29, 0.717) is 12.9 Å². The second-order valence-corrected chi connectivity index (χ2v) is 2.64. The third-order valence-electron chi connectivity index (χ3n) is 1.20. The number of carbonyl (C=O) groups excluding carboxylic acids is 1. The van der Waals surface area contributed by atoms with Gasteiger partial charge in [0, 0.05) is 6.54 Å². The van der Waals surface area contributed by atoms with E-state index in [-0.39, 0.29) is 0 Å². The highest BCUT2D eigenvalue weighted by molar-refractivity contribution is 5.81. The summed E-state index contributed by atoms with van der Waals surface area (Å²) in [6.45, 7) is 1.28. The number of aliphatic hydroxyl groups is 1. The van der Waals surface area contributed by atoms with E-state index in [4.69, 9.17) is 9.84 Å². The van der Waals surface area contributed by atoms with E-state index in [2.05, 4.69) is 0 Å². The van der Waals surface area contributed by atoms with E-state index in [1.54, 1.807) is 0 Å². The van der Waals surface area contributed by atoms with Crippen molar-refractivity contribution in [3.05, 3.63) is 12.3 Å². The van der Waals surface area contributed by atoms with Gasteiger partial charge in [0.1, 0.15) is 0 Å². The van der Waals surface area contributed by atoms with Crippen molar-refractivity contribution in [3.63, 3.8) is 0 Å². The number of rotatable bonds is 5. The molecule has 70 valence electrons. The molecule has 0 radical (unpaired) electrons. The first-order chi connectivity index (χ1) is 5.66. The molecular formula is C8H15NO3. The lowest BCUT2D eigenvalue weighted by atomic mass is 10.4. The number of ether oxygens (including phenoxy) is 1. The van der Waals surface area contributed by atoms with E-state index >= 15 is 0 Å². The molecule has 0 saturated carbocycles. The van der Waals surface area contributed by atoms with Gasteiger partial charge in [-0.3, -0.25) is 0 Å². The van der Waals surface area contributed by atoms with Crippen LogP contribution in [0, 0.1) is 0 Å². The minimum atomic E-state index is -0.503. The molecule has 0 rings (SSSR count). The van der Waals surface area contributed by atoms with Gasteiger partial charge in [0.05, 0.1) is 18.9 Å². The number of nitrogens with zero attached hydrogens (tertiary/aromatic N) is 1. The molecule has 0 atom stereocenters. The standard InChI is InChI=1S/C8H15NO3/c1-9(2)5-3-7-12-8(11)4-6-10/h4,6,10H,3,5,7H2,1-2H3. The Balaban J connectivity index is 3.25. The predicted molar refractivity (Wildman–Crippen MR) is 45.9 cm³/mol. The van der Waals surface area contributed by atoms with Gasteiger partial charge in [-0.25, -0.2) is 4.79 Å². The molecule has 0 aromatic rings. The zero-order valence-corrected chi connectivity index (χ0v) is 7.49. The Hall–Kier alpha value is -1.03. The summed E-state index contributed by atoms with van der Waals surface area (Å²) in [5.41, 5.74) is 0. The molecule has 0 saturated heterocycles. The van der Waals surface area contributed by atoms with Crippen LogP contribution in [-0.2, 0) is 9.53 Å². The molecule has 0 fully saturated rings. The largest absolute Gasteiger partial charge is 0.515 e. The lowest BCUT2D eigenvalue weighted by Crippen LogP contribution is -2.15. The van der Waals surface area contributed by atoms with Crippen molar-refractivity contribution in [2.45, 2.75) is 6.42 Å². The van der Waals surface area contributed by atoms with Crippen LogP contribution in [0.5, 0.6) is 0 Å². The first-order valence-electron chi connectivity index (χ1n) is 3.79. The van der Waals surface area contributed by atoms with Crippen LogP contribution in [-0.4, -0.2) is 43.2 Å². The van der Waals surface area contributed by atoms with Crippen LogP contribution in [0.15, 0.2) is 12.3 Å². The Kier molecular flexibility index (Phi) is 6.09. The number of hydrogen-bond acceptors (Lipinski definition) is 4. The van der Waals surface area contributed by atoms with Crippen molar-refractivity contribution in [2.75, 3.05) is 27.2 Å². The summed E-state index contributed by atoms with van der Waals surface area (Å²) in [5, 5.41) is 8.19. The maximum absolute atomic E-state index is 10.6. The average molecular weight is 173 g/mol. The molecule has 0 aromatic heterocycles. The maximum atomic E-state index is 10.6. The van der Waals surface area contributed by atoms with Gasteiger partial charge in [-0.05, 0) is 20.5 Å². The third-order valence-corrected chi connectivity index (χ3v) is 1.20. The molecule has 0 aromatic carbocycles. The van der Waals surface area contributed by atoms with Crippen LogP contribution in [0.25, 0.3) is 0 Å². The summed E-state index contributed by atoms with van der Waals surface area (Å²) >= 11 is 0. The van der Waals surface area contributed by atoms with Crippen molar-refractivity contribution < 1.29 is 14.6 Å². The highest BCUT2D eigenvalue weighted by atomic mass is 16.5. The van der Waals surface area contributed by atoms with Crippen molar-refractivity contribution in [1.29, 1.82) is 0 Å². The van der Waals surface area contributed by atoms with Crippen molar-refractivity contribution in [3.8, 4) is 0 Å². The number of carbonyl (C=O) groups is 1. The smallest absolute Gasteiger partial charge is 0.333 e. The molecule has 12 heavy (non-hydrogen) atoms. The van der Waals surface area contributed by atoms with E-state index in [0.717, 1.165) is 19.0 Å². The van der Waals surface area contributed by atoms with Gasteiger partial charge in [-0.15, -0.1) is 0 Å². The van der Waals surface area contributed by atoms with Gasteiger partial charge >= 0.3 is 5.97 Å². The molecular weight excluding hydrogens is 158 g/mol. The first-order valence-corrected chi connectivity index (χ1v) is 3.79. The summed E-state index contributed by atoms with van der Waals surface area (Å²) in [6.07, 6.45) is 2.46. The summed E-state index contributed by atoms with van der Waals surface area (Å²) in [5.74, 6) is -0.503. The fraction of sp³-hybridized carbons (Fsp3) is 0.625. The Bertz CT molecular complexity index is 154. The molecule has 0 aliphatic heterocycles. The molecule has 0 aliphatic rings. The predicted octanol–water partition coefficient (Wildman–Crippen LogP) is 0.553. The summed E-state index contributed by atoms with van der Waals surface area (Å²) in [7, 11) is 3.91. The van der Waals surface area contributed by atoms with E-state index in [9.17, 15) is 4.79 Å². The molecule has 4 nitrogen and oxygen atoms in total. The zero-order valence-electron chi connectivity index (χ0n) is 7.49. The fourth-order valence-electron chi connectivity index (χ4n) is 0.663. The average Bonchev–Trinajstić information content (AvgIpc) is 1.98. The minimum Gasteiger partial charge on any atom is -0.515 e. The zero-order chi connectivity index (χ0) is 9.40. The number of aliphatic hydroxyl groups excluding tert-OH is 1. The van der Waals surface area contributed by atoms with Crippen LogP contribution < -0.4 is 0 Å². The Morgan fingerprint density at radius 2 is 2.25 bits per heavy atom. The minimum absolute atomic E-state index is 0.390. The molecule has 0 aliphatic carbocycles. The topological polar surface area (TPSA) is 49.8 Å². The van der Waals surface area contributed by atoms with Crippen molar-refractivity contribution in [2.24, 2.45) is 0 Å². The molecule has 0 bridgehead atoms. The lowest BCUT2D eigenvalue weighted by Gasteiger charge is -2.08. The second kappa shape index (κ2) is 6.67. The summed E-state index contributed by atoms with van der Waals surface area (Å²) < 4.78 is 4.72. The third kappa shape index (κ3) is 7.08. The summed E-state index contributed by atoms with van der Waals surface area (Å²) in [4.78, 5) is 12.6. The van der Waals surface area contributed by atoms with Crippen LogP contribution in [0.4, 0.5) is 0 Å². The van der Waals surface area contributed by atoms with Crippen LogP contribution in [0.3, 0.4) is 0 Å². The normalized spacial score (nSPS) is 10.9. The monoisotopic (exact) mass is 173 g/mol. The van der Waals surface area contributed by atoms with Gasteiger partial charge in [0.25, 0.3) is 0 Å². The van der Waals surface area contributed by atoms with E-state index in [1.165, 1.54) is 0 Å². The molecule has 0 unspecified atom stereocenters. The second-order valence-electron chi connectivity index (χ2n) is 2.64. The molecule has 0 amide bonds. The molecule has 4 heteroatoms. The van der Waals surface area contributed by atoms with Crippen molar-refractivity contribution >= 4 is 5.97 Å². The molecule has 0 spiro atoms. The van der Waals surface area contributed by atoms with Gasteiger partial charge in [-0.1, -0.05) is 0 Å². The van der Waals surface area contributed by atoms with Gasteiger partial charge < -0.3 is 14.7 Å². The highest BCUT2D eigenvalue weighted by Gasteiger charge is 1.96. The van der Waals surface area contributed by atoms with Gasteiger partial charge in [0.15, 0.2) is 0 Å². The lowest BCUT2D eigenvalue weighted by molar-refractivity contribution is -0.138. The molecule has 1 N–H and O–H groups in total. The summed E-state index contributed by atoms with van der Waals surface area (Å²) in [6, 6.07) is 0. The van der Waals surface area contributed by atoms with Gasteiger partial charge in [0.2, 0.25) is 0 Å². The quantitative estimate of drug-likeness (QED) is 0.285. The van der Waals surface area contributed by atoms with Crippen LogP contribution in [0.2, 0.25) is 0 Å². The van der Waals surface area contributed by atoms with Gasteiger partial charge in [-0.2, -0.15) is 0 Å². The fourth-order valence-corrected chi connectivity index (χ4v) is 0.663. The first kappa shape index (κ1) is 11.0. The Labute approximate surface area is 72.4 Å². The van der Waals surface area contributed by atoms with Crippen molar-refractivity contribution in [1.82, 2.24) is 4.90 Å². The Morgan fingerprint density at radius 3 is 2.75 bits per heavy atom. The van der Waals surface area contributed by atoms with Crippen LogP contribution in [0.1, 0.15) is 6.42 Å². The van der Waals surface area contributed by atoms with E-state index in [1.807, 2.05) is 19.0 Å². The van der Waals surface area contributed by atoms with Crippen LogP contribution >= 0.6 is 0 Å². The maximum Gasteiger partial charge on any atom is 0.333 e. The Morgan fingerprint density at radius 1 is 1.58 bits per heavy atom. The molecule has 0 heterocycles. The number of hydrogen-bond donors (Lipinski definition) is 1. The number of esters is 1. The highest BCUT2D eigenvalue weighted by Crippen LogP contribution is 1.87. The SMILES string of the molecule is CN(C)CCCOC(=O)C=CO. The van der Waals surface area contributed by atoms with E-state index < -0.39 is 5.97 Å².